The van der Waals surface area contributed by atoms with E-state index in [1.807, 2.05) is 0 Å². The number of carbonyl (C=O) groups is 1. The number of sulfonamides is 1. The molecule has 0 aromatic carbocycles. The molecule has 0 amide bonds. The highest BCUT2D eigenvalue weighted by Gasteiger charge is 2.29. The zero-order chi connectivity index (χ0) is 18.9. The lowest BCUT2D eigenvalue weighted by molar-refractivity contribution is -0.147. The Bertz CT molecular complexity index is 972. The molecule has 0 bridgehead atoms. The Kier molecular flexibility index (Phi) is 5.15. The summed E-state index contributed by atoms with van der Waals surface area (Å²) in [6.07, 6.45) is 3.27. The number of nitrogens with zero attached hydrogens (tertiary/aromatic N) is 4. The quantitative estimate of drug-likeness (QED) is 0.685. The molecular weight excluding hydrogens is 360 g/mol. The van der Waals surface area contributed by atoms with Gasteiger partial charge in [0.05, 0.1) is 11.5 Å². The van der Waals surface area contributed by atoms with Crippen LogP contribution in [0.4, 0.5) is 0 Å². The average molecular weight is 382 g/mol. The number of pyridine rings is 1. The highest BCUT2D eigenvalue weighted by Crippen LogP contribution is 2.21. The van der Waals surface area contributed by atoms with Gasteiger partial charge in [0.1, 0.15) is 0 Å². The fraction of sp³-hybridized carbons (Fsp3) is 0.562. The van der Waals surface area contributed by atoms with Crippen molar-refractivity contribution >= 4 is 21.6 Å². The number of esters is 1. The van der Waals surface area contributed by atoms with Gasteiger partial charge in [-0.1, -0.05) is 6.92 Å². The number of hydrogen-bond donors (Lipinski definition) is 0. The van der Waals surface area contributed by atoms with Gasteiger partial charge < -0.3 is 4.74 Å². The van der Waals surface area contributed by atoms with Gasteiger partial charge in [-0.05, 0) is 38.3 Å². The molecule has 0 radical (unpaired) electrons. The lowest BCUT2D eigenvalue weighted by Crippen LogP contribution is -2.32. The molecule has 10 heteroatoms. The molecule has 0 spiro atoms. The smallest absolute Gasteiger partial charge is 0.351 e. The molecule has 1 atom stereocenters. The number of fused-ring (bicyclic) bond motifs is 1. The number of aromatic nitrogens is 3. The maximum absolute atomic E-state index is 12.7. The van der Waals surface area contributed by atoms with Crippen LogP contribution in [0.1, 0.15) is 39.2 Å². The van der Waals surface area contributed by atoms with Crippen LogP contribution in [0.5, 0.6) is 0 Å². The third-order valence-electron chi connectivity index (χ3n) is 4.46. The van der Waals surface area contributed by atoms with E-state index < -0.39 is 27.7 Å². The van der Waals surface area contributed by atoms with Gasteiger partial charge in [0.15, 0.2) is 11.7 Å². The minimum absolute atomic E-state index is 0.0396. The second kappa shape index (κ2) is 7.20. The predicted molar refractivity (Wildman–Crippen MR) is 93.4 cm³/mol. The van der Waals surface area contributed by atoms with Gasteiger partial charge in [-0.3, -0.25) is 0 Å². The Labute approximate surface area is 151 Å². The van der Waals surface area contributed by atoms with Gasteiger partial charge in [0.2, 0.25) is 10.0 Å². The zero-order valence-electron chi connectivity index (χ0n) is 14.8. The Morgan fingerprint density at radius 2 is 1.96 bits per heavy atom. The first kappa shape index (κ1) is 18.6. The van der Waals surface area contributed by atoms with Crippen LogP contribution in [-0.2, 0) is 19.6 Å². The van der Waals surface area contributed by atoms with Crippen molar-refractivity contribution in [2.24, 2.45) is 0 Å². The summed E-state index contributed by atoms with van der Waals surface area (Å²) in [6.45, 7) is 4.61. The van der Waals surface area contributed by atoms with Crippen molar-refractivity contribution in [2.45, 2.75) is 44.0 Å². The van der Waals surface area contributed by atoms with Crippen LogP contribution >= 0.6 is 0 Å². The first-order valence-corrected chi connectivity index (χ1v) is 10.1. The number of carbonyl (C=O) groups excluding carboxylic acids is 1. The number of ether oxygens (including phenoxy) is 1. The lowest BCUT2D eigenvalue weighted by Gasteiger charge is -2.15. The fourth-order valence-corrected chi connectivity index (χ4v) is 4.60. The second-order valence-electron chi connectivity index (χ2n) is 6.11. The Morgan fingerprint density at radius 1 is 1.27 bits per heavy atom. The molecule has 3 rings (SSSR count). The van der Waals surface area contributed by atoms with Crippen LogP contribution in [0.3, 0.4) is 0 Å². The van der Waals surface area contributed by atoms with Crippen molar-refractivity contribution in [3.63, 3.8) is 0 Å². The molecule has 0 N–H and O–H groups in total. The van der Waals surface area contributed by atoms with E-state index in [1.54, 1.807) is 13.8 Å². The summed E-state index contributed by atoms with van der Waals surface area (Å²) in [5, 5.41) is 4.17. The van der Waals surface area contributed by atoms with Gasteiger partial charge in [0, 0.05) is 19.3 Å². The molecule has 1 aliphatic heterocycles. The van der Waals surface area contributed by atoms with Crippen LogP contribution in [0.15, 0.2) is 28.0 Å². The van der Waals surface area contributed by atoms with Crippen molar-refractivity contribution in [1.82, 2.24) is 18.5 Å². The van der Waals surface area contributed by atoms with Crippen LogP contribution < -0.4 is 5.69 Å². The van der Waals surface area contributed by atoms with Crippen molar-refractivity contribution in [3.8, 4) is 0 Å². The molecule has 0 aliphatic carbocycles. The molecule has 0 unspecified atom stereocenters. The van der Waals surface area contributed by atoms with E-state index in [-0.39, 0.29) is 17.1 Å². The van der Waals surface area contributed by atoms with Crippen LogP contribution in [0, 0.1) is 0 Å². The molecule has 2 aromatic rings. The molecule has 0 saturated carbocycles. The fourth-order valence-electron chi connectivity index (χ4n) is 3.08. The molecule has 1 saturated heterocycles. The Morgan fingerprint density at radius 3 is 2.58 bits per heavy atom. The van der Waals surface area contributed by atoms with E-state index in [0.717, 1.165) is 21.9 Å². The topological polar surface area (TPSA) is 103 Å². The Balaban J connectivity index is 2.05. The maximum Gasteiger partial charge on any atom is 0.351 e. The highest BCUT2D eigenvalue weighted by molar-refractivity contribution is 7.89. The number of hydrogen-bond acceptors (Lipinski definition) is 6. The maximum atomic E-state index is 12.7. The van der Waals surface area contributed by atoms with Gasteiger partial charge >= 0.3 is 11.7 Å². The first-order valence-electron chi connectivity index (χ1n) is 8.67. The summed E-state index contributed by atoms with van der Waals surface area (Å²) >= 11 is 0. The largest absolute Gasteiger partial charge is 0.464 e. The van der Waals surface area contributed by atoms with Gasteiger partial charge in [-0.2, -0.15) is 8.99 Å². The summed E-state index contributed by atoms with van der Waals surface area (Å²) in [4.78, 5) is 24.8. The lowest BCUT2D eigenvalue weighted by atomic mass is 10.2. The summed E-state index contributed by atoms with van der Waals surface area (Å²) in [6, 6.07) is 2.06. The summed E-state index contributed by atoms with van der Waals surface area (Å²) in [5.41, 5.74) is -0.295. The van der Waals surface area contributed by atoms with Crippen molar-refractivity contribution < 1.29 is 17.9 Å². The van der Waals surface area contributed by atoms with Crippen LogP contribution in [0.25, 0.3) is 5.65 Å². The molecule has 9 nitrogen and oxygen atoms in total. The zero-order valence-corrected chi connectivity index (χ0v) is 15.6. The van der Waals surface area contributed by atoms with Gasteiger partial charge in [-0.15, -0.1) is 5.10 Å². The molecule has 1 aliphatic rings. The summed E-state index contributed by atoms with van der Waals surface area (Å²) in [7, 11) is -3.64. The summed E-state index contributed by atoms with van der Waals surface area (Å²) < 4.78 is 34.0. The van der Waals surface area contributed by atoms with Crippen molar-refractivity contribution in [3.05, 3.63) is 28.8 Å². The standard InChI is InChI=1S/C16H22N4O5S/c1-3-13(15(21)25-4-2)20-16(22)19-11-12(7-8-14(19)17-20)26(23,24)18-9-5-6-10-18/h7-8,11,13H,3-6,9-10H2,1-2H3/t13-/m1/s1. The molecule has 3 heterocycles. The minimum atomic E-state index is -3.64. The van der Waals surface area contributed by atoms with Gasteiger partial charge in [-0.25, -0.2) is 22.4 Å². The van der Waals surface area contributed by atoms with Crippen LogP contribution in [-0.4, -0.2) is 52.6 Å². The van der Waals surface area contributed by atoms with E-state index in [2.05, 4.69) is 5.10 Å². The molecule has 142 valence electrons. The molecule has 26 heavy (non-hydrogen) atoms. The van der Waals surface area contributed by atoms with Crippen molar-refractivity contribution in [1.29, 1.82) is 0 Å². The Hall–Kier alpha value is -2.20. The highest BCUT2D eigenvalue weighted by atomic mass is 32.2. The molecule has 1 fully saturated rings. The number of rotatable bonds is 6. The van der Waals surface area contributed by atoms with Gasteiger partial charge in [0.25, 0.3) is 0 Å². The van der Waals surface area contributed by atoms with E-state index in [9.17, 15) is 18.0 Å². The predicted octanol–water partition coefficient (Wildman–Crippen LogP) is 0.795. The van der Waals surface area contributed by atoms with Crippen LogP contribution in [0.2, 0.25) is 0 Å². The third-order valence-corrected chi connectivity index (χ3v) is 6.34. The average Bonchev–Trinajstić information content (AvgIpc) is 3.25. The van der Waals surface area contributed by atoms with E-state index >= 15 is 0 Å². The van der Waals surface area contributed by atoms with E-state index in [1.165, 1.54) is 22.6 Å². The minimum Gasteiger partial charge on any atom is -0.464 e. The first-order chi connectivity index (χ1) is 12.4. The molecular formula is C16H22N4O5S. The normalized spacial score (nSPS) is 16.8. The second-order valence-corrected chi connectivity index (χ2v) is 8.05. The van der Waals surface area contributed by atoms with E-state index in [4.69, 9.17) is 4.74 Å². The third kappa shape index (κ3) is 3.14. The van der Waals surface area contributed by atoms with E-state index in [0.29, 0.717) is 19.5 Å². The van der Waals surface area contributed by atoms with Crippen molar-refractivity contribution in [2.75, 3.05) is 19.7 Å². The monoisotopic (exact) mass is 382 g/mol. The molecule has 2 aromatic heterocycles. The SMILES string of the molecule is CCOC(=O)[C@@H](CC)n1nc2ccc(S(=O)(=O)N3CCCC3)cn2c1=O. The summed E-state index contributed by atoms with van der Waals surface area (Å²) in [5.74, 6) is -0.537.